The van der Waals surface area contributed by atoms with Crippen molar-refractivity contribution < 1.29 is 18.1 Å². The molecule has 0 amide bonds. The van der Waals surface area contributed by atoms with E-state index in [0.717, 1.165) is 0 Å². The predicted octanol–water partition coefficient (Wildman–Crippen LogP) is -0.423. The molecule has 0 spiro atoms. The van der Waals surface area contributed by atoms with Crippen molar-refractivity contribution in [3.05, 3.63) is 0 Å². The molecule has 80 valence electrons. The second-order valence-corrected chi connectivity index (χ2v) is 4.68. The zero-order valence-electron chi connectivity index (χ0n) is 7.97. The standard InChI is InChI=1S/C7H17NO4S/c1-3-7(9)6-8(2)4-5-13(10,11)12/h7,9H,3-6H2,1-2H3,(H,10,11,12). The van der Waals surface area contributed by atoms with E-state index in [1.165, 1.54) is 0 Å². The minimum absolute atomic E-state index is 0.232. The lowest BCUT2D eigenvalue weighted by Gasteiger charge is -2.18. The highest BCUT2D eigenvalue weighted by Crippen LogP contribution is 1.94. The number of aliphatic hydroxyl groups excluding tert-OH is 1. The molecule has 1 atom stereocenters. The van der Waals surface area contributed by atoms with Gasteiger partial charge in [-0.2, -0.15) is 8.42 Å². The van der Waals surface area contributed by atoms with Crippen LogP contribution in [-0.4, -0.2) is 55.0 Å². The molecule has 0 heterocycles. The molecule has 0 radical (unpaired) electrons. The average Bonchev–Trinajstić information content (AvgIpc) is 1.99. The van der Waals surface area contributed by atoms with E-state index in [9.17, 15) is 13.5 Å². The molecule has 0 aromatic carbocycles. The van der Waals surface area contributed by atoms with E-state index in [2.05, 4.69) is 0 Å². The Bertz CT molecular complexity index is 227. The van der Waals surface area contributed by atoms with Gasteiger partial charge in [-0.1, -0.05) is 6.92 Å². The van der Waals surface area contributed by atoms with Gasteiger partial charge in [0.2, 0.25) is 0 Å². The van der Waals surface area contributed by atoms with E-state index in [-0.39, 0.29) is 12.3 Å². The lowest BCUT2D eigenvalue weighted by atomic mass is 10.3. The Balaban J connectivity index is 3.69. The van der Waals surface area contributed by atoms with Crippen LogP contribution in [0.1, 0.15) is 13.3 Å². The Morgan fingerprint density at radius 2 is 2.00 bits per heavy atom. The van der Waals surface area contributed by atoms with Crippen molar-refractivity contribution in [3.63, 3.8) is 0 Å². The van der Waals surface area contributed by atoms with E-state index in [1.54, 1.807) is 11.9 Å². The van der Waals surface area contributed by atoms with Gasteiger partial charge in [0, 0.05) is 13.1 Å². The molecule has 0 aliphatic rings. The molecule has 0 bridgehead atoms. The van der Waals surface area contributed by atoms with Gasteiger partial charge in [-0.3, -0.25) is 4.55 Å². The number of aliphatic hydroxyl groups is 1. The summed E-state index contributed by atoms with van der Waals surface area (Å²) in [6, 6.07) is 0. The first-order valence-corrected chi connectivity index (χ1v) is 5.78. The third-order valence-electron chi connectivity index (χ3n) is 1.72. The molecule has 1 unspecified atom stereocenters. The van der Waals surface area contributed by atoms with E-state index in [1.807, 2.05) is 6.92 Å². The highest BCUT2D eigenvalue weighted by molar-refractivity contribution is 7.85. The highest BCUT2D eigenvalue weighted by atomic mass is 32.2. The van der Waals surface area contributed by atoms with Gasteiger partial charge in [0.25, 0.3) is 10.1 Å². The summed E-state index contributed by atoms with van der Waals surface area (Å²) in [4.78, 5) is 1.67. The van der Waals surface area contributed by atoms with Crippen molar-refractivity contribution in [2.45, 2.75) is 19.4 Å². The number of hydrogen-bond acceptors (Lipinski definition) is 4. The molecule has 6 heteroatoms. The second kappa shape index (κ2) is 5.54. The maximum atomic E-state index is 10.4. The van der Waals surface area contributed by atoms with Crippen LogP contribution in [0.4, 0.5) is 0 Å². The summed E-state index contributed by atoms with van der Waals surface area (Å²) in [7, 11) is -2.19. The summed E-state index contributed by atoms with van der Waals surface area (Å²) >= 11 is 0. The van der Waals surface area contributed by atoms with Crippen LogP contribution in [0, 0.1) is 0 Å². The average molecular weight is 211 g/mol. The summed E-state index contributed by atoms with van der Waals surface area (Å²) < 4.78 is 29.2. The highest BCUT2D eigenvalue weighted by Gasteiger charge is 2.09. The van der Waals surface area contributed by atoms with E-state index in [0.29, 0.717) is 13.0 Å². The third kappa shape index (κ3) is 8.17. The zero-order valence-corrected chi connectivity index (χ0v) is 8.79. The van der Waals surface area contributed by atoms with Gasteiger partial charge in [-0.15, -0.1) is 0 Å². The van der Waals surface area contributed by atoms with Crippen molar-refractivity contribution in [3.8, 4) is 0 Å². The van der Waals surface area contributed by atoms with E-state index in [4.69, 9.17) is 4.55 Å². The minimum Gasteiger partial charge on any atom is -0.392 e. The molecule has 0 saturated heterocycles. The molecule has 5 nitrogen and oxygen atoms in total. The maximum Gasteiger partial charge on any atom is 0.266 e. The second-order valence-electron chi connectivity index (χ2n) is 3.11. The Morgan fingerprint density at radius 3 is 2.38 bits per heavy atom. The number of rotatable bonds is 6. The summed E-state index contributed by atoms with van der Waals surface area (Å²) in [5, 5.41) is 9.20. The summed E-state index contributed by atoms with van der Waals surface area (Å²) in [5.41, 5.74) is 0. The summed E-state index contributed by atoms with van der Waals surface area (Å²) in [6.45, 7) is 2.50. The van der Waals surface area contributed by atoms with E-state index < -0.39 is 16.2 Å². The number of nitrogens with zero attached hydrogens (tertiary/aromatic N) is 1. The first kappa shape index (κ1) is 12.8. The molecular formula is C7H17NO4S. The maximum absolute atomic E-state index is 10.4. The third-order valence-corrected chi connectivity index (χ3v) is 2.42. The van der Waals surface area contributed by atoms with Crippen LogP contribution in [0.2, 0.25) is 0 Å². The number of likely N-dealkylation sites (N-methyl/N-ethyl adjacent to an activating group) is 1. The van der Waals surface area contributed by atoms with Crippen molar-refractivity contribution >= 4 is 10.1 Å². The Labute approximate surface area is 79.1 Å². The first-order valence-electron chi connectivity index (χ1n) is 4.17. The molecule has 0 rings (SSSR count). The zero-order chi connectivity index (χ0) is 10.5. The molecule has 0 saturated carbocycles. The van der Waals surface area contributed by atoms with Crippen LogP contribution >= 0.6 is 0 Å². The topological polar surface area (TPSA) is 77.8 Å². The fourth-order valence-corrected chi connectivity index (χ4v) is 1.39. The largest absolute Gasteiger partial charge is 0.392 e. The van der Waals surface area contributed by atoms with Crippen molar-refractivity contribution in [1.29, 1.82) is 0 Å². The number of hydrogen-bond donors (Lipinski definition) is 2. The van der Waals surface area contributed by atoms with Gasteiger partial charge in [0.15, 0.2) is 0 Å². The molecule has 0 aliphatic carbocycles. The van der Waals surface area contributed by atoms with Crippen LogP contribution in [0.25, 0.3) is 0 Å². The summed E-state index contributed by atoms with van der Waals surface area (Å²) in [5.74, 6) is -0.292. The van der Waals surface area contributed by atoms with Gasteiger partial charge in [-0.05, 0) is 13.5 Å². The fraction of sp³-hybridized carbons (Fsp3) is 1.00. The van der Waals surface area contributed by atoms with Crippen LogP contribution in [0.15, 0.2) is 0 Å². The van der Waals surface area contributed by atoms with Crippen LogP contribution in [0.3, 0.4) is 0 Å². The van der Waals surface area contributed by atoms with Crippen molar-refractivity contribution in [2.24, 2.45) is 0 Å². The molecule has 13 heavy (non-hydrogen) atoms. The Kier molecular flexibility index (Phi) is 5.46. The van der Waals surface area contributed by atoms with Gasteiger partial charge in [0.05, 0.1) is 11.9 Å². The fourth-order valence-electron chi connectivity index (χ4n) is 0.851. The molecule has 2 N–H and O–H groups in total. The van der Waals surface area contributed by atoms with E-state index >= 15 is 0 Å². The van der Waals surface area contributed by atoms with Crippen LogP contribution in [0.5, 0.6) is 0 Å². The van der Waals surface area contributed by atoms with Crippen molar-refractivity contribution in [2.75, 3.05) is 25.9 Å². The monoisotopic (exact) mass is 211 g/mol. The molecule has 0 fully saturated rings. The Hall–Kier alpha value is -0.170. The minimum atomic E-state index is -3.89. The van der Waals surface area contributed by atoms with Gasteiger partial charge in [0.1, 0.15) is 0 Å². The van der Waals surface area contributed by atoms with Gasteiger partial charge in [-0.25, -0.2) is 0 Å². The lowest BCUT2D eigenvalue weighted by Crippen LogP contribution is -2.32. The molecular weight excluding hydrogens is 194 g/mol. The summed E-state index contributed by atoms with van der Waals surface area (Å²) in [6.07, 6.45) is 0.197. The normalized spacial score (nSPS) is 14.8. The smallest absolute Gasteiger partial charge is 0.266 e. The molecule has 0 aliphatic heterocycles. The molecule has 0 aromatic heterocycles. The lowest BCUT2D eigenvalue weighted by molar-refractivity contribution is 0.125. The van der Waals surface area contributed by atoms with Crippen LogP contribution < -0.4 is 0 Å². The first-order chi connectivity index (χ1) is 5.85. The van der Waals surface area contributed by atoms with Crippen molar-refractivity contribution in [1.82, 2.24) is 4.90 Å². The Morgan fingerprint density at radius 1 is 1.46 bits per heavy atom. The molecule has 0 aromatic rings. The quantitative estimate of drug-likeness (QED) is 0.583. The SMILES string of the molecule is CCC(O)CN(C)CCS(=O)(=O)O. The van der Waals surface area contributed by atoms with Gasteiger partial charge < -0.3 is 10.0 Å². The van der Waals surface area contributed by atoms with Gasteiger partial charge >= 0.3 is 0 Å². The van der Waals surface area contributed by atoms with Crippen LogP contribution in [-0.2, 0) is 10.1 Å². The predicted molar refractivity (Wildman–Crippen MR) is 50.2 cm³/mol.